The van der Waals surface area contributed by atoms with E-state index in [1.54, 1.807) is 12.4 Å². The Morgan fingerprint density at radius 3 is 2.76 bits per heavy atom. The van der Waals surface area contributed by atoms with E-state index in [1.807, 2.05) is 34.5 Å². The van der Waals surface area contributed by atoms with E-state index in [2.05, 4.69) is 15.1 Å². The van der Waals surface area contributed by atoms with Gasteiger partial charge >= 0.3 is 0 Å². The number of carbonyl (C=O) groups excluding carboxylic acids is 1. The van der Waals surface area contributed by atoms with Crippen LogP contribution in [0.2, 0.25) is 0 Å². The molecule has 7 heteroatoms. The summed E-state index contributed by atoms with van der Waals surface area (Å²) in [5, 5.41) is 5.99. The fourth-order valence-corrected chi connectivity index (χ4v) is 3.79. The number of nitrogens with zero attached hydrogens (tertiary/aromatic N) is 4. The molecule has 0 N–H and O–H groups in total. The van der Waals surface area contributed by atoms with Crippen LogP contribution in [0, 0.1) is 5.92 Å². The fraction of sp³-hybridized carbons (Fsp3) is 0.333. The van der Waals surface area contributed by atoms with Crippen molar-refractivity contribution in [2.45, 2.75) is 19.3 Å². The van der Waals surface area contributed by atoms with Crippen LogP contribution >= 0.6 is 11.3 Å². The van der Waals surface area contributed by atoms with E-state index in [0.29, 0.717) is 17.6 Å². The van der Waals surface area contributed by atoms with E-state index in [4.69, 9.17) is 4.52 Å². The number of piperidine rings is 1. The highest BCUT2D eigenvalue weighted by atomic mass is 32.1. The van der Waals surface area contributed by atoms with Crippen molar-refractivity contribution in [3.63, 3.8) is 0 Å². The third-order valence-corrected chi connectivity index (χ3v) is 5.36. The Hall–Kier alpha value is -2.54. The van der Waals surface area contributed by atoms with Gasteiger partial charge in [-0.15, -0.1) is 11.3 Å². The zero-order valence-electron chi connectivity index (χ0n) is 13.7. The van der Waals surface area contributed by atoms with E-state index in [0.717, 1.165) is 42.8 Å². The number of hydrogen-bond acceptors (Lipinski definition) is 6. The van der Waals surface area contributed by atoms with Gasteiger partial charge in [0.1, 0.15) is 0 Å². The summed E-state index contributed by atoms with van der Waals surface area (Å²) >= 11 is 1.50. The van der Waals surface area contributed by atoms with Gasteiger partial charge in [0.25, 0.3) is 5.91 Å². The summed E-state index contributed by atoms with van der Waals surface area (Å²) in [5.74, 6) is 1.88. The maximum absolute atomic E-state index is 12.4. The Balaban J connectivity index is 1.33. The van der Waals surface area contributed by atoms with Crippen molar-refractivity contribution in [3.8, 4) is 11.4 Å². The van der Waals surface area contributed by atoms with Crippen molar-refractivity contribution < 1.29 is 9.32 Å². The van der Waals surface area contributed by atoms with Gasteiger partial charge in [-0.1, -0.05) is 11.2 Å². The van der Waals surface area contributed by atoms with Gasteiger partial charge in [0.2, 0.25) is 11.7 Å². The molecule has 1 fully saturated rings. The standard InChI is InChI=1S/C18H18N4O2S/c23-18(15-2-1-11-25-15)22-9-5-13(6-10-22)12-16-20-17(21-24-16)14-3-7-19-8-4-14/h1-4,7-8,11,13H,5-6,9-10,12H2. The van der Waals surface area contributed by atoms with Gasteiger partial charge in [-0.3, -0.25) is 9.78 Å². The third kappa shape index (κ3) is 3.61. The van der Waals surface area contributed by atoms with Crippen LogP contribution in [0.5, 0.6) is 0 Å². The van der Waals surface area contributed by atoms with Gasteiger partial charge in [-0.25, -0.2) is 0 Å². The van der Waals surface area contributed by atoms with Crippen molar-refractivity contribution in [3.05, 3.63) is 52.8 Å². The summed E-state index contributed by atoms with van der Waals surface area (Å²) in [5.41, 5.74) is 0.904. The minimum Gasteiger partial charge on any atom is -0.339 e. The molecule has 0 spiro atoms. The Labute approximate surface area is 149 Å². The molecule has 0 aromatic carbocycles. The van der Waals surface area contributed by atoms with Crippen LogP contribution in [0.3, 0.4) is 0 Å². The van der Waals surface area contributed by atoms with E-state index in [-0.39, 0.29) is 5.91 Å². The predicted octanol–water partition coefficient (Wildman–Crippen LogP) is 3.29. The van der Waals surface area contributed by atoms with Crippen molar-refractivity contribution in [2.75, 3.05) is 13.1 Å². The van der Waals surface area contributed by atoms with E-state index < -0.39 is 0 Å². The lowest BCUT2D eigenvalue weighted by atomic mass is 9.93. The summed E-state index contributed by atoms with van der Waals surface area (Å²) in [6, 6.07) is 7.53. The monoisotopic (exact) mass is 354 g/mol. The van der Waals surface area contributed by atoms with Gasteiger partial charge in [-0.05, 0) is 42.3 Å². The molecule has 0 atom stereocenters. The lowest BCUT2D eigenvalue weighted by Crippen LogP contribution is -2.38. The highest BCUT2D eigenvalue weighted by Gasteiger charge is 2.25. The average molecular weight is 354 g/mol. The Kier molecular flexibility index (Phi) is 4.56. The van der Waals surface area contributed by atoms with Gasteiger partial charge in [0.15, 0.2) is 0 Å². The van der Waals surface area contributed by atoms with Gasteiger partial charge in [-0.2, -0.15) is 4.98 Å². The number of pyridine rings is 1. The number of likely N-dealkylation sites (tertiary alicyclic amines) is 1. The molecule has 4 heterocycles. The third-order valence-electron chi connectivity index (χ3n) is 4.50. The molecular formula is C18H18N4O2S. The molecule has 0 radical (unpaired) electrons. The summed E-state index contributed by atoms with van der Waals surface area (Å²) in [6.07, 6.45) is 6.12. The van der Waals surface area contributed by atoms with Crippen LogP contribution < -0.4 is 0 Å². The second-order valence-corrected chi connectivity index (χ2v) is 7.11. The summed E-state index contributed by atoms with van der Waals surface area (Å²) in [6.45, 7) is 1.57. The smallest absolute Gasteiger partial charge is 0.263 e. The number of carbonyl (C=O) groups is 1. The molecule has 6 nitrogen and oxygen atoms in total. The average Bonchev–Trinajstić information content (AvgIpc) is 3.35. The summed E-state index contributed by atoms with van der Waals surface area (Å²) in [7, 11) is 0. The van der Waals surface area contributed by atoms with E-state index >= 15 is 0 Å². The Morgan fingerprint density at radius 1 is 1.24 bits per heavy atom. The molecule has 1 aliphatic rings. The van der Waals surface area contributed by atoms with Crippen molar-refractivity contribution >= 4 is 17.2 Å². The van der Waals surface area contributed by atoms with Gasteiger partial charge < -0.3 is 9.42 Å². The molecule has 0 bridgehead atoms. The van der Waals surface area contributed by atoms with Crippen molar-refractivity contribution in [2.24, 2.45) is 5.92 Å². The van der Waals surface area contributed by atoms with E-state index in [1.165, 1.54) is 11.3 Å². The first-order valence-electron chi connectivity index (χ1n) is 8.35. The van der Waals surface area contributed by atoms with Gasteiger partial charge in [0, 0.05) is 37.5 Å². The molecule has 25 heavy (non-hydrogen) atoms. The number of hydrogen-bond donors (Lipinski definition) is 0. The zero-order valence-corrected chi connectivity index (χ0v) is 14.5. The summed E-state index contributed by atoms with van der Waals surface area (Å²) in [4.78, 5) is 23.6. The van der Waals surface area contributed by atoms with Crippen LogP contribution in [0.1, 0.15) is 28.4 Å². The lowest BCUT2D eigenvalue weighted by Gasteiger charge is -2.31. The zero-order chi connectivity index (χ0) is 17.1. The van der Waals surface area contributed by atoms with Crippen molar-refractivity contribution in [1.82, 2.24) is 20.0 Å². The molecule has 3 aromatic rings. The number of aromatic nitrogens is 3. The SMILES string of the molecule is O=C(c1cccs1)N1CCC(Cc2nc(-c3ccncc3)no2)CC1. The fourth-order valence-electron chi connectivity index (χ4n) is 3.10. The van der Waals surface area contributed by atoms with Crippen molar-refractivity contribution in [1.29, 1.82) is 0 Å². The van der Waals surface area contributed by atoms with E-state index in [9.17, 15) is 4.79 Å². The second-order valence-electron chi connectivity index (χ2n) is 6.16. The number of thiophene rings is 1. The lowest BCUT2D eigenvalue weighted by molar-refractivity contribution is 0.0692. The van der Waals surface area contributed by atoms with Crippen LogP contribution in [0.4, 0.5) is 0 Å². The Bertz CT molecular complexity index is 824. The predicted molar refractivity (Wildman–Crippen MR) is 94.2 cm³/mol. The normalized spacial score (nSPS) is 15.4. The molecule has 1 saturated heterocycles. The highest BCUT2D eigenvalue weighted by Crippen LogP contribution is 2.24. The quantitative estimate of drug-likeness (QED) is 0.719. The van der Waals surface area contributed by atoms with Crippen LogP contribution in [0.25, 0.3) is 11.4 Å². The number of rotatable bonds is 4. The topological polar surface area (TPSA) is 72.1 Å². The molecule has 1 amide bonds. The maximum Gasteiger partial charge on any atom is 0.263 e. The van der Waals surface area contributed by atoms with Crippen LogP contribution in [-0.2, 0) is 6.42 Å². The molecule has 128 valence electrons. The first-order chi connectivity index (χ1) is 12.3. The molecule has 3 aromatic heterocycles. The first-order valence-corrected chi connectivity index (χ1v) is 9.23. The number of amides is 1. The van der Waals surface area contributed by atoms with Crippen LogP contribution in [0.15, 0.2) is 46.6 Å². The second kappa shape index (κ2) is 7.14. The maximum atomic E-state index is 12.4. The Morgan fingerprint density at radius 2 is 2.04 bits per heavy atom. The minimum absolute atomic E-state index is 0.145. The molecule has 0 aliphatic carbocycles. The molecular weight excluding hydrogens is 336 g/mol. The minimum atomic E-state index is 0.145. The summed E-state index contributed by atoms with van der Waals surface area (Å²) < 4.78 is 5.39. The first kappa shape index (κ1) is 16.0. The molecule has 1 aliphatic heterocycles. The highest BCUT2D eigenvalue weighted by molar-refractivity contribution is 7.12. The largest absolute Gasteiger partial charge is 0.339 e. The molecule has 0 unspecified atom stereocenters. The van der Waals surface area contributed by atoms with Crippen LogP contribution in [-0.4, -0.2) is 39.0 Å². The molecule has 0 saturated carbocycles. The van der Waals surface area contributed by atoms with Gasteiger partial charge in [0.05, 0.1) is 4.88 Å². The molecule has 4 rings (SSSR count).